The SMILES string of the molecule is CCCCCC1(F)CNC1. The van der Waals surface area contributed by atoms with Crippen LogP contribution in [0.5, 0.6) is 0 Å². The molecule has 1 rings (SSSR count). The molecule has 1 saturated heterocycles. The van der Waals surface area contributed by atoms with Crippen molar-refractivity contribution in [3.05, 3.63) is 0 Å². The number of hydrogen-bond donors (Lipinski definition) is 1. The summed E-state index contributed by atoms with van der Waals surface area (Å²) in [5.41, 5.74) is -0.838. The molecule has 0 aromatic rings. The third-order valence-corrected chi connectivity index (χ3v) is 2.11. The van der Waals surface area contributed by atoms with E-state index < -0.39 is 5.67 Å². The second-order valence-electron chi connectivity index (χ2n) is 3.21. The molecule has 0 saturated carbocycles. The minimum absolute atomic E-state index is 0.580. The first-order valence-electron chi connectivity index (χ1n) is 4.16. The van der Waals surface area contributed by atoms with Crippen LogP contribution >= 0.6 is 0 Å². The molecule has 2 heteroatoms. The van der Waals surface area contributed by atoms with Crippen molar-refractivity contribution in [2.45, 2.75) is 38.3 Å². The quantitative estimate of drug-likeness (QED) is 0.595. The third kappa shape index (κ3) is 1.94. The number of hydrogen-bond acceptors (Lipinski definition) is 1. The average molecular weight is 145 g/mol. The van der Waals surface area contributed by atoms with Crippen molar-refractivity contribution in [3.63, 3.8) is 0 Å². The lowest BCUT2D eigenvalue weighted by molar-refractivity contribution is 0.0774. The minimum atomic E-state index is -0.838. The minimum Gasteiger partial charge on any atom is -0.310 e. The van der Waals surface area contributed by atoms with E-state index in [0.717, 1.165) is 12.8 Å². The van der Waals surface area contributed by atoms with Crippen molar-refractivity contribution in [2.24, 2.45) is 0 Å². The molecule has 1 N–H and O–H groups in total. The molecule has 0 spiro atoms. The van der Waals surface area contributed by atoms with E-state index in [1.54, 1.807) is 0 Å². The van der Waals surface area contributed by atoms with E-state index in [2.05, 4.69) is 12.2 Å². The second kappa shape index (κ2) is 3.33. The fourth-order valence-electron chi connectivity index (χ4n) is 1.26. The lowest BCUT2D eigenvalue weighted by Crippen LogP contribution is -2.56. The van der Waals surface area contributed by atoms with E-state index in [1.807, 2.05) is 0 Å². The predicted molar refractivity (Wildman–Crippen MR) is 40.9 cm³/mol. The molecule has 60 valence electrons. The van der Waals surface area contributed by atoms with E-state index in [9.17, 15) is 4.39 Å². The first kappa shape index (κ1) is 7.99. The van der Waals surface area contributed by atoms with E-state index in [-0.39, 0.29) is 0 Å². The van der Waals surface area contributed by atoms with Gasteiger partial charge in [0.15, 0.2) is 0 Å². The number of nitrogens with one attached hydrogen (secondary N) is 1. The molecule has 1 heterocycles. The molecule has 0 amide bonds. The van der Waals surface area contributed by atoms with Gasteiger partial charge in [0, 0.05) is 13.1 Å². The molecule has 0 atom stereocenters. The van der Waals surface area contributed by atoms with Crippen LogP contribution in [0.25, 0.3) is 0 Å². The van der Waals surface area contributed by atoms with Crippen LogP contribution in [0.1, 0.15) is 32.6 Å². The maximum atomic E-state index is 13.2. The summed E-state index contributed by atoms with van der Waals surface area (Å²) >= 11 is 0. The highest BCUT2D eigenvalue weighted by Crippen LogP contribution is 2.23. The van der Waals surface area contributed by atoms with Crippen LogP contribution in [0.2, 0.25) is 0 Å². The highest BCUT2D eigenvalue weighted by Gasteiger charge is 2.35. The van der Waals surface area contributed by atoms with Crippen molar-refractivity contribution in [1.82, 2.24) is 5.32 Å². The van der Waals surface area contributed by atoms with Crippen LogP contribution in [-0.4, -0.2) is 18.8 Å². The molecule has 1 fully saturated rings. The Morgan fingerprint density at radius 1 is 1.40 bits per heavy atom. The third-order valence-electron chi connectivity index (χ3n) is 2.11. The van der Waals surface area contributed by atoms with Crippen molar-refractivity contribution >= 4 is 0 Å². The Hall–Kier alpha value is -0.110. The molecule has 0 bridgehead atoms. The van der Waals surface area contributed by atoms with Crippen LogP contribution in [0.15, 0.2) is 0 Å². The lowest BCUT2D eigenvalue weighted by atomic mass is 9.92. The zero-order chi connectivity index (χ0) is 7.45. The molecule has 1 aliphatic heterocycles. The smallest absolute Gasteiger partial charge is 0.135 e. The maximum Gasteiger partial charge on any atom is 0.135 e. The Morgan fingerprint density at radius 2 is 2.10 bits per heavy atom. The summed E-state index contributed by atoms with van der Waals surface area (Å²) in [4.78, 5) is 0. The number of rotatable bonds is 4. The standard InChI is InChI=1S/C8H16FN/c1-2-3-4-5-8(9)6-10-7-8/h10H,2-7H2,1H3. The zero-order valence-corrected chi connectivity index (χ0v) is 6.62. The van der Waals surface area contributed by atoms with Gasteiger partial charge < -0.3 is 5.32 Å². The summed E-state index contributed by atoms with van der Waals surface area (Å²) in [7, 11) is 0. The molecule has 0 aliphatic carbocycles. The molecule has 0 aromatic heterocycles. The Kier molecular flexibility index (Phi) is 2.66. The summed E-state index contributed by atoms with van der Waals surface area (Å²) in [6, 6.07) is 0. The summed E-state index contributed by atoms with van der Waals surface area (Å²) < 4.78 is 13.2. The molecule has 0 aromatic carbocycles. The van der Waals surface area contributed by atoms with Gasteiger partial charge >= 0.3 is 0 Å². The Balaban J connectivity index is 2.01. The van der Waals surface area contributed by atoms with Gasteiger partial charge in [-0.15, -0.1) is 0 Å². The van der Waals surface area contributed by atoms with Crippen molar-refractivity contribution in [3.8, 4) is 0 Å². The molecule has 10 heavy (non-hydrogen) atoms. The van der Waals surface area contributed by atoms with Gasteiger partial charge in [-0.2, -0.15) is 0 Å². The molecule has 1 nitrogen and oxygen atoms in total. The van der Waals surface area contributed by atoms with Gasteiger partial charge in [-0.05, 0) is 6.42 Å². The Bertz CT molecular complexity index is 99.4. The van der Waals surface area contributed by atoms with Crippen LogP contribution in [0, 0.1) is 0 Å². The number of unbranched alkanes of at least 4 members (excludes halogenated alkanes) is 2. The fraction of sp³-hybridized carbons (Fsp3) is 1.00. The largest absolute Gasteiger partial charge is 0.310 e. The monoisotopic (exact) mass is 145 g/mol. The Labute approximate surface area is 62.0 Å². The van der Waals surface area contributed by atoms with Gasteiger partial charge in [-0.25, -0.2) is 4.39 Å². The molecule has 0 radical (unpaired) electrons. The summed E-state index contributed by atoms with van der Waals surface area (Å²) in [5.74, 6) is 0. The summed E-state index contributed by atoms with van der Waals surface area (Å²) in [6.07, 6.45) is 4.16. The van der Waals surface area contributed by atoms with Crippen LogP contribution in [-0.2, 0) is 0 Å². The lowest BCUT2D eigenvalue weighted by Gasteiger charge is -2.34. The molecular formula is C8H16FN. The van der Waals surface area contributed by atoms with Gasteiger partial charge in [0.2, 0.25) is 0 Å². The van der Waals surface area contributed by atoms with Gasteiger partial charge in [0.1, 0.15) is 5.67 Å². The highest BCUT2D eigenvalue weighted by molar-refractivity contribution is 4.92. The molecule has 0 unspecified atom stereocenters. The topological polar surface area (TPSA) is 12.0 Å². The van der Waals surface area contributed by atoms with Crippen molar-refractivity contribution in [1.29, 1.82) is 0 Å². The maximum absolute atomic E-state index is 13.2. The van der Waals surface area contributed by atoms with E-state index >= 15 is 0 Å². The fourth-order valence-corrected chi connectivity index (χ4v) is 1.26. The second-order valence-corrected chi connectivity index (χ2v) is 3.21. The van der Waals surface area contributed by atoms with Crippen LogP contribution < -0.4 is 5.32 Å². The van der Waals surface area contributed by atoms with E-state index in [0.29, 0.717) is 13.1 Å². The Morgan fingerprint density at radius 3 is 2.50 bits per heavy atom. The van der Waals surface area contributed by atoms with Gasteiger partial charge in [-0.1, -0.05) is 26.2 Å². The van der Waals surface area contributed by atoms with Crippen LogP contribution in [0.3, 0.4) is 0 Å². The van der Waals surface area contributed by atoms with Crippen molar-refractivity contribution in [2.75, 3.05) is 13.1 Å². The molecular weight excluding hydrogens is 129 g/mol. The van der Waals surface area contributed by atoms with E-state index in [1.165, 1.54) is 12.8 Å². The van der Waals surface area contributed by atoms with Crippen LogP contribution in [0.4, 0.5) is 4.39 Å². The first-order valence-corrected chi connectivity index (χ1v) is 4.16. The number of alkyl halides is 1. The average Bonchev–Trinajstić information content (AvgIpc) is 1.85. The van der Waals surface area contributed by atoms with Crippen molar-refractivity contribution < 1.29 is 4.39 Å². The predicted octanol–water partition coefficient (Wildman–Crippen LogP) is 1.88. The molecule has 1 aliphatic rings. The van der Waals surface area contributed by atoms with Gasteiger partial charge in [0.05, 0.1) is 0 Å². The summed E-state index contributed by atoms with van der Waals surface area (Å²) in [6.45, 7) is 3.30. The first-order chi connectivity index (χ1) is 4.77. The van der Waals surface area contributed by atoms with E-state index in [4.69, 9.17) is 0 Å². The summed E-state index contributed by atoms with van der Waals surface area (Å²) in [5, 5.41) is 2.95. The van der Waals surface area contributed by atoms with Gasteiger partial charge in [-0.3, -0.25) is 0 Å². The van der Waals surface area contributed by atoms with Gasteiger partial charge in [0.25, 0.3) is 0 Å². The normalized spacial score (nSPS) is 22.2. The zero-order valence-electron chi connectivity index (χ0n) is 6.62. The highest BCUT2D eigenvalue weighted by atomic mass is 19.1. The number of halogens is 1.